The summed E-state index contributed by atoms with van der Waals surface area (Å²) in [6.45, 7) is 5.52. The molecule has 0 aromatic heterocycles. The van der Waals surface area contributed by atoms with Gasteiger partial charge in [-0.1, -0.05) is 12.1 Å². The van der Waals surface area contributed by atoms with Gasteiger partial charge >= 0.3 is 6.18 Å². The van der Waals surface area contributed by atoms with Crippen molar-refractivity contribution >= 4 is 11.4 Å². The molecule has 0 aliphatic heterocycles. The Labute approximate surface area is 131 Å². The summed E-state index contributed by atoms with van der Waals surface area (Å²) in [7, 11) is 0. The summed E-state index contributed by atoms with van der Waals surface area (Å²) >= 11 is 0. The average molecular weight is 326 g/mol. The normalized spacial score (nSPS) is 12.4. The van der Waals surface area contributed by atoms with Gasteiger partial charge in [0.1, 0.15) is 11.4 Å². The molecule has 2 N–H and O–H groups in total. The Bertz CT molecular complexity index is 782. The molecule has 2 aromatic rings. The van der Waals surface area contributed by atoms with Crippen molar-refractivity contribution in [1.29, 1.82) is 0 Å². The summed E-state index contributed by atoms with van der Waals surface area (Å²) in [6.07, 6.45) is -4.42. The van der Waals surface area contributed by atoms with E-state index in [0.29, 0.717) is 5.56 Å². The topological polar surface area (TPSA) is 58.2 Å². The molecule has 0 unspecified atom stereocenters. The Kier molecular flexibility index (Phi) is 4.24. The molecule has 0 amide bonds. The van der Waals surface area contributed by atoms with Crippen LogP contribution in [0.5, 0.6) is 0 Å². The highest BCUT2D eigenvalue weighted by atomic mass is 19.4. The summed E-state index contributed by atoms with van der Waals surface area (Å²) in [5.41, 5.74) is -1.79. The van der Waals surface area contributed by atoms with Gasteiger partial charge in [-0.3, -0.25) is 9.59 Å². The van der Waals surface area contributed by atoms with E-state index in [9.17, 15) is 22.8 Å². The van der Waals surface area contributed by atoms with Crippen LogP contribution < -0.4 is 21.5 Å². The quantitative estimate of drug-likeness (QED) is 0.848. The summed E-state index contributed by atoms with van der Waals surface area (Å²) < 4.78 is 38.0. The minimum atomic E-state index is -4.42. The van der Waals surface area contributed by atoms with E-state index in [1.807, 2.05) is 20.8 Å². The van der Waals surface area contributed by atoms with Gasteiger partial charge in [-0.2, -0.15) is 13.2 Å². The predicted octanol–water partition coefficient (Wildman–Crippen LogP) is 3.12. The summed E-state index contributed by atoms with van der Waals surface area (Å²) in [5.74, 6) is 0. The van der Waals surface area contributed by atoms with Crippen molar-refractivity contribution < 1.29 is 13.2 Å². The van der Waals surface area contributed by atoms with Crippen LogP contribution >= 0.6 is 0 Å². The first-order chi connectivity index (χ1) is 10.5. The summed E-state index contributed by atoms with van der Waals surface area (Å²) in [5, 5.41) is 5.67. The lowest BCUT2D eigenvalue weighted by Crippen LogP contribution is -2.41. The van der Waals surface area contributed by atoms with Gasteiger partial charge in [0, 0.05) is 12.1 Å². The second-order valence-corrected chi connectivity index (χ2v) is 6.33. The fourth-order valence-electron chi connectivity index (χ4n) is 2.10. The lowest BCUT2D eigenvalue weighted by atomic mass is 10.1. The van der Waals surface area contributed by atoms with Crippen LogP contribution in [0.2, 0.25) is 0 Å². The molecule has 0 saturated carbocycles. The Hall–Kier alpha value is -2.31. The van der Waals surface area contributed by atoms with Crippen LogP contribution in [-0.4, -0.2) is 5.54 Å². The second kappa shape index (κ2) is 5.72. The number of rotatable bonds is 4. The number of halogens is 3. The Morgan fingerprint density at radius 1 is 1.00 bits per heavy atom. The van der Waals surface area contributed by atoms with Gasteiger partial charge in [-0.25, -0.2) is 0 Å². The van der Waals surface area contributed by atoms with E-state index in [4.69, 9.17) is 0 Å². The Morgan fingerprint density at radius 2 is 1.61 bits per heavy atom. The zero-order valence-corrected chi connectivity index (χ0v) is 13.0. The van der Waals surface area contributed by atoms with Crippen molar-refractivity contribution in [3.63, 3.8) is 0 Å². The fraction of sp³-hybridized carbons (Fsp3) is 0.375. The third kappa shape index (κ3) is 3.91. The highest BCUT2D eigenvalue weighted by Gasteiger charge is 2.30. The van der Waals surface area contributed by atoms with E-state index < -0.39 is 28.1 Å². The molecular weight excluding hydrogens is 309 g/mol. The first-order valence-electron chi connectivity index (χ1n) is 7.00. The lowest BCUT2D eigenvalue weighted by molar-refractivity contribution is -0.137. The van der Waals surface area contributed by atoms with E-state index in [2.05, 4.69) is 10.6 Å². The van der Waals surface area contributed by atoms with E-state index in [1.165, 1.54) is 12.1 Å². The number of alkyl halides is 3. The maximum Gasteiger partial charge on any atom is 0.416 e. The zero-order chi connectivity index (χ0) is 17.4. The highest BCUT2D eigenvalue weighted by molar-refractivity contribution is 5.74. The first kappa shape index (κ1) is 17.1. The number of benzene rings is 1. The minimum Gasteiger partial charge on any atom is -0.376 e. The first-order valence-corrected chi connectivity index (χ1v) is 7.00. The van der Waals surface area contributed by atoms with Crippen LogP contribution in [0.25, 0.3) is 0 Å². The van der Waals surface area contributed by atoms with E-state index in [1.54, 1.807) is 0 Å². The van der Waals surface area contributed by atoms with Crippen molar-refractivity contribution in [2.24, 2.45) is 0 Å². The molecule has 4 nitrogen and oxygen atoms in total. The molecule has 2 rings (SSSR count). The van der Waals surface area contributed by atoms with E-state index >= 15 is 0 Å². The van der Waals surface area contributed by atoms with Crippen LogP contribution in [0, 0.1) is 0 Å². The maximum absolute atomic E-state index is 12.7. The smallest absolute Gasteiger partial charge is 0.376 e. The van der Waals surface area contributed by atoms with Crippen molar-refractivity contribution in [3.8, 4) is 0 Å². The second-order valence-electron chi connectivity index (χ2n) is 6.33. The van der Waals surface area contributed by atoms with Gasteiger partial charge < -0.3 is 10.6 Å². The molecule has 0 aliphatic rings. The third-order valence-electron chi connectivity index (χ3n) is 3.13. The predicted molar refractivity (Wildman–Crippen MR) is 83.5 cm³/mol. The molecule has 124 valence electrons. The molecule has 0 atom stereocenters. The van der Waals surface area contributed by atoms with Crippen molar-refractivity contribution in [3.05, 3.63) is 55.8 Å². The van der Waals surface area contributed by atoms with Gasteiger partial charge in [-0.05, 0) is 38.5 Å². The molecule has 0 fully saturated rings. The van der Waals surface area contributed by atoms with Crippen LogP contribution in [0.15, 0.2) is 33.9 Å². The largest absolute Gasteiger partial charge is 0.416 e. The standard InChI is InChI=1S/C16H17F3N2O2/c1-15(2,3)21-12-11(13(22)14(12)23)20-8-9-5-4-6-10(7-9)16(17,18)19/h4-7,20-21H,8H2,1-3H3. The molecule has 2 aromatic carbocycles. The van der Waals surface area contributed by atoms with Gasteiger partial charge in [0.25, 0.3) is 10.9 Å². The molecule has 0 spiro atoms. The van der Waals surface area contributed by atoms with Crippen molar-refractivity contribution in [2.75, 3.05) is 10.6 Å². The number of hydrogen-bond acceptors (Lipinski definition) is 4. The van der Waals surface area contributed by atoms with Gasteiger partial charge in [0.15, 0.2) is 0 Å². The van der Waals surface area contributed by atoms with Crippen LogP contribution in [0.1, 0.15) is 31.9 Å². The Morgan fingerprint density at radius 3 is 2.17 bits per heavy atom. The summed E-state index contributed by atoms with van der Waals surface area (Å²) in [4.78, 5) is 23.2. The molecule has 0 bridgehead atoms. The molecule has 0 radical (unpaired) electrons. The van der Waals surface area contributed by atoms with Crippen LogP contribution in [0.4, 0.5) is 24.5 Å². The van der Waals surface area contributed by atoms with Gasteiger partial charge in [-0.15, -0.1) is 0 Å². The van der Waals surface area contributed by atoms with Gasteiger partial charge in [0.05, 0.1) is 5.56 Å². The molecule has 23 heavy (non-hydrogen) atoms. The van der Waals surface area contributed by atoms with E-state index in [0.717, 1.165) is 12.1 Å². The lowest BCUT2D eigenvalue weighted by Gasteiger charge is -2.25. The highest BCUT2D eigenvalue weighted by Crippen LogP contribution is 2.29. The maximum atomic E-state index is 12.7. The SMILES string of the molecule is CC(C)(C)Nc1c(NCc2cccc(C(F)(F)F)c2)c(=O)c1=O. The van der Waals surface area contributed by atoms with E-state index in [-0.39, 0.29) is 17.9 Å². The minimum absolute atomic E-state index is 0.0214. The van der Waals surface area contributed by atoms with Gasteiger partial charge in [0.2, 0.25) is 0 Å². The molecular formula is C16H17F3N2O2. The van der Waals surface area contributed by atoms with Crippen LogP contribution in [0.3, 0.4) is 0 Å². The number of hydrogen-bond donors (Lipinski definition) is 2. The molecule has 0 aliphatic carbocycles. The molecule has 0 saturated heterocycles. The Balaban J connectivity index is 2.15. The molecule has 7 heteroatoms. The summed E-state index contributed by atoms with van der Waals surface area (Å²) in [6, 6.07) is 4.81. The third-order valence-corrected chi connectivity index (χ3v) is 3.13. The fourth-order valence-corrected chi connectivity index (χ4v) is 2.10. The monoisotopic (exact) mass is 326 g/mol. The molecule has 0 heterocycles. The number of nitrogens with one attached hydrogen (secondary N) is 2. The number of anilines is 2. The van der Waals surface area contributed by atoms with Crippen molar-refractivity contribution in [2.45, 2.75) is 39.0 Å². The average Bonchev–Trinajstić information content (AvgIpc) is 2.44. The van der Waals surface area contributed by atoms with Crippen LogP contribution in [-0.2, 0) is 12.7 Å². The van der Waals surface area contributed by atoms with Crippen molar-refractivity contribution in [1.82, 2.24) is 0 Å². The zero-order valence-electron chi connectivity index (χ0n) is 13.0.